The molecule has 0 atom stereocenters. The molecule has 0 saturated carbocycles. The number of nitrogens with zero attached hydrogens (tertiary/aromatic N) is 1. The van der Waals surface area contributed by atoms with Crippen molar-refractivity contribution in [1.82, 2.24) is 14.9 Å². The third-order valence-corrected chi connectivity index (χ3v) is 5.73. The molecule has 0 radical (unpaired) electrons. The minimum Gasteiger partial charge on any atom is -0.497 e. The van der Waals surface area contributed by atoms with Gasteiger partial charge in [-0.05, 0) is 54.2 Å². The van der Waals surface area contributed by atoms with Crippen molar-refractivity contribution >= 4 is 39.7 Å². The summed E-state index contributed by atoms with van der Waals surface area (Å²) in [6.45, 7) is 1.05. The molecule has 3 aromatic rings. The lowest BCUT2D eigenvalue weighted by atomic mass is 10.1. The Balaban J connectivity index is 1.40. The highest BCUT2D eigenvalue weighted by atomic mass is 32.1. The lowest BCUT2D eigenvalue weighted by Gasteiger charge is -2.08. The maximum absolute atomic E-state index is 12.5. The standard InChI is InChI=1S/C20H23N3O3S2/c1-26-15-7-5-6-14(12-15)13-21-17(24)8-3-2-4-10-23-19(25)18-16(9-11-28-18)22-20(23)27/h5-7,9,11-12H,2-4,8,10,13H2,1H3,(H,21,24)(H,22,27). The number of nitrogens with one attached hydrogen (secondary N) is 2. The molecule has 0 fully saturated rings. The summed E-state index contributed by atoms with van der Waals surface area (Å²) in [7, 11) is 1.62. The van der Waals surface area contributed by atoms with Crippen LogP contribution >= 0.6 is 23.6 Å². The van der Waals surface area contributed by atoms with E-state index in [9.17, 15) is 9.59 Å². The second-order valence-electron chi connectivity index (χ2n) is 6.49. The zero-order valence-corrected chi connectivity index (χ0v) is 17.3. The molecule has 1 amide bonds. The molecule has 0 saturated heterocycles. The molecule has 0 aliphatic carbocycles. The molecule has 148 valence electrons. The van der Waals surface area contributed by atoms with E-state index in [0.29, 0.717) is 29.0 Å². The number of methoxy groups -OCH3 is 1. The van der Waals surface area contributed by atoms with Crippen molar-refractivity contribution in [2.45, 2.75) is 38.8 Å². The lowest BCUT2D eigenvalue weighted by Crippen LogP contribution is -2.23. The fraction of sp³-hybridized carbons (Fsp3) is 0.350. The number of ether oxygens (including phenoxy) is 1. The largest absolute Gasteiger partial charge is 0.497 e. The van der Waals surface area contributed by atoms with E-state index in [1.165, 1.54) is 11.3 Å². The van der Waals surface area contributed by atoms with Crippen LogP contribution in [-0.2, 0) is 17.9 Å². The maximum atomic E-state index is 12.5. The monoisotopic (exact) mass is 417 g/mol. The Morgan fingerprint density at radius 2 is 2.14 bits per heavy atom. The van der Waals surface area contributed by atoms with Crippen molar-refractivity contribution in [3.8, 4) is 5.75 Å². The van der Waals surface area contributed by atoms with Crippen LogP contribution in [0.3, 0.4) is 0 Å². The van der Waals surface area contributed by atoms with E-state index in [1.54, 1.807) is 11.7 Å². The molecule has 8 heteroatoms. The number of rotatable bonds is 9. The molecule has 0 aliphatic rings. The minimum absolute atomic E-state index is 0.0253. The molecule has 0 unspecified atom stereocenters. The SMILES string of the molecule is COc1cccc(CNC(=O)CCCCCn2c(=S)[nH]c3ccsc3c2=O)c1. The zero-order valence-electron chi connectivity index (χ0n) is 15.7. The van der Waals surface area contributed by atoms with Gasteiger partial charge in [0.2, 0.25) is 5.91 Å². The van der Waals surface area contributed by atoms with Gasteiger partial charge in [0.25, 0.3) is 5.56 Å². The third kappa shape index (κ3) is 5.08. The van der Waals surface area contributed by atoms with Crippen LogP contribution in [0.25, 0.3) is 10.2 Å². The van der Waals surface area contributed by atoms with Crippen molar-refractivity contribution < 1.29 is 9.53 Å². The van der Waals surface area contributed by atoms with Gasteiger partial charge in [0.1, 0.15) is 10.4 Å². The summed E-state index contributed by atoms with van der Waals surface area (Å²) in [5.74, 6) is 0.804. The lowest BCUT2D eigenvalue weighted by molar-refractivity contribution is -0.121. The highest BCUT2D eigenvalue weighted by Gasteiger charge is 2.07. The van der Waals surface area contributed by atoms with Gasteiger partial charge in [-0.1, -0.05) is 18.6 Å². The normalized spacial score (nSPS) is 10.9. The van der Waals surface area contributed by atoms with Gasteiger partial charge in [0.05, 0.1) is 12.6 Å². The first-order valence-electron chi connectivity index (χ1n) is 9.18. The zero-order chi connectivity index (χ0) is 19.9. The van der Waals surface area contributed by atoms with Gasteiger partial charge in [0.15, 0.2) is 4.77 Å². The van der Waals surface area contributed by atoms with Gasteiger partial charge in [-0.25, -0.2) is 0 Å². The second-order valence-corrected chi connectivity index (χ2v) is 7.79. The average molecular weight is 418 g/mol. The van der Waals surface area contributed by atoms with Crippen LogP contribution in [0.15, 0.2) is 40.5 Å². The number of aromatic amines is 1. The summed E-state index contributed by atoms with van der Waals surface area (Å²) in [4.78, 5) is 27.6. The number of carbonyl (C=O) groups excluding carboxylic acids is 1. The molecule has 0 spiro atoms. The van der Waals surface area contributed by atoms with E-state index in [2.05, 4.69) is 10.3 Å². The van der Waals surface area contributed by atoms with Crippen LogP contribution in [0.5, 0.6) is 5.75 Å². The smallest absolute Gasteiger partial charge is 0.272 e. The van der Waals surface area contributed by atoms with E-state index >= 15 is 0 Å². The quantitative estimate of drug-likeness (QED) is 0.407. The predicted molar refractivity (Wildman–Crippen MR) is 115 cm³/mol. The van der Waals surface area contributed by atoms with E-state index < -0.39 is 0 Å². The first-order valence-corrected chi connectivity index (χ1v) is 10.5. The van der Waals surface area contributed by atoms with Gasteiger partial charge in [0, 0.05) is 19.5 Å². The summed E-state index contributed by atoms with van der Waals surface area (Å²) < 4.78 is 7.94. The van der Waals surface area contributed by atoms with Gasteiger partial charge in [-0.3, -0.25) is 14.2 Å². The second kappa shape index (κ2) is 9.66. The number of hydrogen-bond donors (Lipinski definition) is 2. The molecule has 6 nitrogen and oxygen atoms in total. The number of benzene rings is 1. The molecular weight excluding hydrogens is 394 g/mol. The fourth-order valence-corrected chi connectivity index (χ4v) is 4.06. The van der Waals surface area contributed by atoms with Crippen molar-refractivity contribution in [1.29, 1.82) is 0 Å². The highest BCUT2D eigenvalue weighted by molar-refractivity contribution is 7.71. The van der Waals surface area contributed by atoms with E-state index in [0.717, 1.165) is 36.1 Å². The number of carbonyl (C=O) groups is 1. The number of thiophene rings is 1. The van der Waals surface area contributed by atoms with Crippen molar-refractivity contribution in [3.63, 3.8) is 0 Å². The Bertz CT molecular complexity index is 1070. The van der Waals surface area contributed by atoms with Crippen molar-refractivity contribution in [3.05, 3.63) is 56.4 Å². The summed E-state index contributed by atoms with van der Waals surface area (Å²) in [5.41, 5.74) is 1.76. The molecular formula is C20H23N3O3S2. The average Bonchev–Trinajstić information content (AvgIpc) is 3.17. The van der Waals surface area contributed by atoms with E-state index in [1.807, 2.05) is 35.7 Å². The summed E-state index contributed by atoms with van der Waals surface area (Å²) in [6, 6.07) is 9.51. The van der Waals surface area contributed by atoms with E-state index in [-0.39, 0.29) is 11.5 Å². The molecule has 3 rings (SSSR count). The first-order chi connectivity index (χ1) is 13.6. The molecule has 0 bridgehead atoms. The number of unbranched alkanes of at least 4 members (excludes halogenated alkanes) is 2. The van der Waals surface area contributed by atoms with Gasteiger partial charge in [-0.2, -0.15) is 0 Å². The number of hydrogen-bond acceptors (Lipinski definition) is 5. The first kappa shape index (κ1) is 20.3. The number of amides is 1. The molecule has 1 aromatic carbocycles. The molecule has 2 heterocycles. The topological polar surface area (TPSA) is 76.1 Å². The molecule has 0 aliphatic heterocycles. The highest BCUT2D eigenvalue weighted by Crippen LogP contribution is 2.14. The van der Waals surface area contributed by atoms with Crippen LogP contribution in [-0.4, -0.2) is 22.6 Å². The maximum Gasteiger partial charge on any atom is 0.272 e. The molecule has 2 N–H and O–H groups in total. The predicted octanol–water partition coefficient (Wildman–Crippen LogP) is 4.01. The Kier molecular flexibility index (Phi) is 7.00. The Labute approximate surface area is 172 Å². The summed E-state index contributed by atoms with van der Waals surface area (Å²) in [6.07, 6.45) is 2.90. The van der Waals surface area contributed by atoms with Crippen LogP contribution < -0.4 is 15.6 Å². The Morgan fingerprint density at radius 3 is 2.96 bits per heavy atom. The third-order valence-electron chi connectivity index (χ3n) is 4.50. The van der Waals surface area contributed by atoms with Crippen molar-refractivity contribution in [2.75, 3.05) is 7.11 Å². The minimum atomic E-state index is -0.0372. The number of aromatic nitrogens is 2. The van der Waals surface area contributed by atoms with E-state index in [4.69, 9.17) is 17.0 Å². The summed E-state index contributed by atoms with van der Waals surface area (Å²) >= 11 is 6.71. The van der Waals surface area contributed by atoms with Crippen molar-refractivity contribution in [2.24, 2.45) is 0 Å². The fourth-order valence-electron chi connectivity index (χ4n) is 2.98. The van der Waals surface area contributed by atoms with Crippen LogP contribution in [0, 0.1) is 4.77 Å². The van der Waals surface area contributed by atoms with Gasteiger partial charge < -0.3 is 15.0 Å². The Morgan fingerprint density at radius 1 is 1.29 bits per heavy atom. The van der Waals surface area contributed by atoms with Crippen LogP contribution in [0.4, 0.5) is 0 Å². The van der Waals surface area contributed by atoms with Crippen LogP contribution in [0.2, 0.25) is 0 Å². The van der Waals surface area contributed by atoms with Gasteiger partial charge in [-0.15, -0.1) is 11.3 Å². The molecule has 2 aromatic heterocycles. The number of fused-ring (bicyclic) bond motifs is 1. The molecule has 28 heavy (non-hydrogen) atoms. The number of H-pyrrole nitrogens is 1. The van der Waals surface area contributed by atoms with Gasteiger partial charge >= 0.3 is 0 Å². The Hall–Kier alpha value is -2.45. The van der Waals surface area contributed by atoms with Crippen LogP contribution in [0.1, 0.15) is 31.2 Å². The summed E-state index contributed by atoms with van der Waals surface area (Å²) in [5, 5.41) is 4.81.